The Morgan fingerprint density at radius 3 is 2.32 bits per heavy atom. The van der Waals surface area contributed by atoms with Crippen LogP contribution >= 0.6 is 0 Å². The van der Waals surface area contributed by atoms with Crippen molar-refractivity contribution in [3.63, 3.8) is 0 Å². The molecule has 1 aromatic carbocycles. The van der Waals surface area contributed by atoms with E-state index in [1.807, 2.05) is 6.92 Å². The molecule has 0 heterocycles. The summed E-state index contributed by atoms with van der Waals surface area (Å²) in [6, 6.07) is 6.28. The van der Waals surface area contributed by atoms with Gasteiger partial charge in [0.2, 0.25) is 0 Å². The number of ether oxygens (including phenoxy) is 1. The maximum atomic E-state index is 12.5. The van der Waals surface area contributed by atoms with Crippen LogP contribution in [0.5, 0.6) is 0 Å². The van der Waals surface area contributed by atoms with Gasteiger partial charge in [0, 0.05) is 18.3 Å². The Bertz CT molecular complexity index is 601. The van der Waals surface area contributed by atoms with Gasteiger partial charge in [0.25, 0.3) is 5.91 Å². The molecule has 5 heteroatoms. The molecule has 0 aliphatic heterocycles. The lowest BCUT2D eigenvalue weighted by Crippen LogP contribution is -2.30. The van der Waals surface area contributed by atoms with Crippen molar-refractivity contribution in [3.8, 4) is 0 Å². The van der Waals surface area contributed by atoms with Gasteiger partial charge < -0.3 is 15.4 Å². The monoisotopic (exact) mass is 300 g/mol. The lowest BCUT2D eigenvalue weighted by molar-refractivity contribution is 0.0600. The third-order valence-corrected chi connectivity index (χ3v) is 3.00. The molecular weight excluding hydrogens is 280 g/mol. The van der Waals surface area contributed by atoms with Crippen molar-refractivity contribution in [2.75, 3.05) is 13.7 Å². The molecule has 0 bridgehead atoms. The number of likely N-dealkylation sites (N-methyl/N-ethyl adjacent to an activating group) is 1. The zero-order valence-corrected chi connectivity index (χ0v) is 12.8. The van der Waals surface area contributed by atoms with Crippen molar-refractivity contribution in [2.24, 2.45) is 5.73 Å². The molecule has 2 N–H and O–H groups in total. The summed E-state index contributed by atoms with van der Waals surface area (Å²) in [5.41, 5.74) is 7.01. The second kappa shape index (κ2) is 8.46. The van der Waals surface area contributed by atoms with Crippen LogP contribution in [0.25, 0.3) is 0 Å². The molecule has 0 saturated heterocycles. The molecule has 1 rings (SSSR count). The summed E-state index contributed by atoms with van der Waals surface area (Å²) in [4.78, 5) is 25.5. The minimum absolute atomic E-state index is 0.204. The number of methoxy groups -OCH3 is 1. The topological polar surface area (TPSA) is 72.6 Å². The number of benzene rings is 1. The summed E-state index contributed by atoms with van der Waals surface area (Å²) in [6.45, 7) is 5.90. The highest BCUT2D eigenvalue weighted by molar-refractivity contribution is 5.97. The zero-order chi connectivity index (χ0) is 16.5. The summed E-state index contributed by atoms with van der Waals surface area (Å²) in [7, 11) is 1.31. The van der Waals surface area contributed by atoms with Crippen molar-refractivity contribution in [1.29, 1.82) is 0 Å². The van der Waals surface area contributed by atoms with Gasteiger partial charge in [-0.15, -0.1) is 0 Å². The highest BCUT2D eigenvalue weighted by Crippen LogP contribution is 2.13. The van der Waals surface area contributed by atoms with Gasteiger partial charge in [-0.05, 0) is 37.3 Å². The van der Waals surface area contributed by atoms with Gasteiger partial charge in [-0.25, -0.2) is 4.79 Å². The number of esters is 1. The normalized spacial score (nSPS) is 11.3. The Balaban J connectivity index is 3.03. The zero-order valence-electron chi connectivity index (χ0n) is 12.8. The first kappa shape index (κ1) is 17.2. The van der Waals surface area contributed by atoms with Gasteiger partial charge in [-0.3, -0.25) is 4.79 Å². The molecule has 0 unspecified atom stereocenters. The van der Waals surface area contributed by atoms with E-state index in [1.54, 1.807) is 42.5 Å². The van der Waals surface area contributed by atoms with Crippen LogP contribution in [0.2, 0.25) is 0 Å². The molecule has 0 saturated carbocycles. The molecule has 5 nitrogen and oxygen atoms in total. The highest BCUT2D eigenvalue weighted by atomic mass is 16.5. The van der Waals surface area contributed by atoms with Gasteiger partial charge in [0.05, 0.1) is 18.4 Å². The van der Waals surface area contributed by atoms with E-state index in [0.717, 1.165) is 0 Å². The number of hydrogen-bond donors (Lipinski definition) is 1. The average Bonchev–Trinajstić information content (AvgIpc) is 2.57. The van der Waals surface area contributed by atoms with E-state index in [4.69, 9.17) is 5.73 Å². The van der Waals surface area contributed by atoms with E-state index in [0.29, 0.717) is 23.4 Å². The number of carbonyl (C=O) groups is 2. The number of carbonyl (C=O) groups excluding carboxylic acids is 2. The van der Waals surface area contributed by atoms with Crippen molar-refractivity contribution in [2.45, 2.75) is 6.92 Å². The number of allylic oxidation sites excluding steroid dienone is 3. The minimum Gasteiger partial charge on any atom is -0.465 e. The fraction of sp³-hybridized carbons (Fsp3) is 0.176. The molecule has 0 aliphatic carbocycles. The van der Waals surface area contributed by atoms with Crippen LogP contribution in [0.15, 0.2) is 61.0 Å². The molecule has 0 aliphatic rings. The summed E-state index contributed by atoms with van der Waals surface area (Å²) in [5, 5.41) is 0. The summed E-state index contributed by atoms with van der Waals surface area (Å²) in [5.74, 6) is -0.646. The van der Waals surface area contributed by atoms with E-state index in [9.17, 15) is 9.59 Å². The fourth-order valence-electron chi connectivity index (χ4n) is 1.87. The molecule has 0 fully saturated rings. The van der Waals surface area contributed by atoms with Gasteiger partial charge in [-0.1, -0.05) is 18.7 Å². The van der Waals surface area contributed by atoms with E-state index in [2.05, 4.69) is 11.3 Å². The van der Waals surface area contributed by atoms with E-state index < -0.39 is 5.97 Å². The van der Waals surface area contributed by atoms with Crippen LogP contribution in [-0.4, -0.2) is 30.4 Å². The average molecular weight is 300 g/mol. The highest BCUT2D eigenvalue weighted by Gasteiger charge is 2.17. The molecule has 0 atom stereocenters. The van der Waals surface area contributed by atoms with Gasteiger partial charge in [-0.2, -0.15) is 0 Å². The largest absolute Gasteiger partial charge is 0.465 e. The Morgan fingerprint density at radius 1 is 1.27 bits per heavy atom. The molecule has 0 spiro atoms. The summed E-state index contributed by atoms with van der Waals surface area (Å²) < 4.78 is 4.63. The number of nitrogens with zero attached hydrogens (tertiary/aromatic N) is 1. The number of amides is 1. The van der Waals surface area contributed by atoms with Gasteiger partial charge in [0.1, 0.15) is 0 Å². The Hall–Kier alpha value is -2.82. The quantitative estimate of drug-likeness (QED) is 0.647. The second-order valence-electron chi connectivity index (χ2n) is 4.30. The van der Waals surface area contributed by atoms with Crippen LogP contribution in [0.1, 0.15) is 27.6 Å². The molecule has 1 aromatic rings. The molecule has 0 aromatic heterocycles. The van der Waals surface area contributed by atoms with Crippen molar-refractivity contribution >= 4 is 11.9 Å². The van der Waals surface area contributed by atoms with Gasteiger partial charge in [0.15, 0.2) is 0 Å². The Morgan fingerprint density at radius 2 is 1.86 bits per heavy atom. The van der Waals surface area contributed by atoms with Crippen molar-refractivity contribution < 1.29 is 14.3 Å². The first-order valence-electron chi connectivity index (χ1n) is 6.80. The van der Waals surface area contributed by atoms with Crippen LogP contribution in [0, 0.1) is 0 Å². The number of rotatable bonds is 6. The summed E-state index contributed by atoms with van der Waals surface area (Å²) in [6.07, 6.45) is 6.38. The predicted octanol–water partition coefficient (Wildman–Crippen LogP) is 2.48. The van der Waals surface area contributed by atoms with E-state index >= 15 is 0 Å². The van der Waals surface area contributed by atoms with Crippen LogP contribution in [0.3, 0.4) is 0 Å². The second-order valence-corrected chi connectivity index (χ2v) is 4.30. The number of hydrogen-bond acceptors (Lipinski definition) is 4. The lowest BCUT2D eigenvalue weighted by atomic mass is 10.1. The summed E-state index contributed by atoms with van der Waals surface area (Å²) >= 11 is 0. The Labute approximate surface area is 130 Å². The molecular formula is C17H20N2O3. The molecule has 1 amide bonds. The van der Waals surface area contributed by atoms with Crippen molar-refractivity contribution in [1.82, 2.24) is 4.90 Å². The first-order valence-corrected chi connectivity index (χ1v) is 6.80. The molecule has 22 heavy (non-hydrogen) atoms. The smallest absolute Gasteiger partial charge is 0.337 e. The lowest BCUT2D eigenvalue weighted by Gasteiger charge is -2.21. The van der Waals surface area contributed by atoms with Crippen molar-refractivity contribution in [3.05, 3.63) is 72.1 Å². The predicted molar refractivity (Wildman–Crippen MR) is 86.1 cm³/mol. The van der Waals surface area contributed by atoms with Crippen LogP contribution in [-0.2, 0) is 4.74 Å². The first-order chi connectivity index (χ1) is 10.6. The van der Waals surface area contributed by atoms with E-state index in [1.165, 1.54) is 18.2 Å². The minimum atomic E-state index is -0.442. The molecule has 0 radical (unpaired) electrons. The number of nitrogens with two attached hydrogens (primary N) is 1. The van der Waals surface area contributed by atoms with E-state index in [-0.39, 0.29) is 5.91 Å². The third kappa shape index (κ3) is 4.09. The fourth-order valence-corrected chi connectivity index (χ4v) is 1.87. The standard InChI is InChI=1S/C17H20N2O3/c1-4-6-7-15(12-18)19(5-2)16(20)13-8-10-14(11-9-13)17(21)22-3/h4,6-12H,1,5,18H2,2-3H3/b7-6-,15-12+. The maximum absolute atomic E-state index is 12.5. The Kier molecular flexibility index (Phi) is 6.63. The SMILES string of the molecule is C=C/C=C\C(=C/N)N(CC)C(=O)c1ccc(C(=O)OC)cc1. The van der Waals surface area contributed by atoms with Crippen LogP contribution < -0.4 is 5.73 Å². The molecule has 116 valence electrons. The third-order valence-electron chi connectivity index (χ3n) is 3.00. The maximum Gasteiger partial charge on any atom is 0.337 e. The van der Waals surface area contributed by atoms with Crippen LogP contribution in [0.4, 0.5) is 0 Å². The van der Waals surface area contributed by atoms with Gasteiger partial charge >= 0.3 is 5.97 Å².